The predicted molar refractivity (Wildman–Crippen MR) is 110 cm³/mol. The lowest BCUT2D eigenvalue weighted by Gasteiger charge is -2.24. The Morgan fingerprint density at radius 1 is 1.07 bits per heavy atom. The van der Waals surface area contributed by atoms with Crippen LogP contribution in [0.25, 0.3) is 0 Å². The topological polar surface area (TPSA) is 52.7 Å². The molecule has 1 heterocycles. The van der Waals surface area contributed by atoms with E-state index in [2.05, 4.69) is 5.32 Å². The molecule has 27 heavy (non-hydrogen) atoms. The van der Waals surface area contributed by atoms with Crippen molar-refractivity contribution in [2.24, 2.45) is 0 Å². The number of anilines is 2. The van der Waals surface area contributed by atoms with Crippen molar-refractivity contribution < 1.29 is 9.59 Å². The van der Waals surface area contributed by atoms with Crippen LogP contribution in [0.5, 0.6) is 0 Å². The van der Waals surface area contributed by atoms with Crippen LogP contribution in [0.2, 0.25) is 10.0 Å². The van der Waals surface area contributed by atoms with Gasteiger partial charge in [0.25, 0.3) is 5.91 Å². The number of hydrogen-bond acceptors (Lipinski definition) is 3. The maximum Gasteiger partial charge on any atom is 0.254 e. The second-order valence-corrected chi connectivity index (χ2v) is 7.62. The van der Waals surface area contributed by atoms with Crippen LogP contribution in [0.1, 0.15) is 23.2 Å². The smallest absolute Gasteiger partial charge is 0.254 e. The van der Waals surface area contributed by atoms with Crippen molar-refractivity contribution in [1.29, 1.82) is 0 Å². The highest BCUT2D eigenvalue weighted by atomic mass is 35.5. The summed E-state index contributed by atoms with van der Waals surface area (Å²) in [6.45, 7) is 0.558. The fraction of sp³-hybridized carbons (Fsp3) is 0.300. The zero-order valence-electron chi connectivity index (χ0n) is 15.2. The summed E-state index contributed by atoms with van der Waals surface area (Å²) in [4.78, 5) is 29.2. The van der Waals surface area contributed by atoms with Crippen LogP contribution in [0.4, 0.5) is 11.4 Å². The molecule has 1 saturated heterocycles. The van der Waals surface area contributed by atoms with Crippen LogP contribution in [-0.4, -0.2) is 43.4 Å². The second-order valence-electron chi connectivity index (χ2n) is 6.75. The minimum absolute atomic E-state index is 0.137. The molecule has 1 N–H and O–H groups in total. The van der Waals surface area contributed by atoms with Gasteiger partial charge in [-0.2, -0.15) is 0 Å². The van der Waals surface area contributed by atoms with Gasteiger partial charge in [0.15, 0.2) is 0 Å². The lowest BCUT2D eigenvalue weighted by Crippen LogP contribution is -2.43. The van der Waals surface area contributed by atoms with E-state index in [0.29, 0.717) is 34.3 Å². The van der Waals surface area contributed by atoms with Gasteiger partial charge in [-0.15, -0.1) is 0 Å². The van der Waals surface area contributed by atoms with E-state index in [1.165, 1.54) is 0 Å². The van der Waals surface area contributed by atoms with Gasteiger partial charge in [-0.1, -0.05) is 23.2 Å². The normalized spacial score (nSPS) is 16.3. The van der Waals surface area contributed by atoms with E-state index in [1.54, 1.807) is 35.2 Å². The molecule has 5 nitrogen and oxygen atoms in total. The van der Waals surface area contributed by atoms with Gasteiger partial charge >= 0.3 is 0 Å². The van der Waals surface area contributed by atoms with Gasteiger partial charge in [-0.05, 0) is 55.3 Å². The number of carbonyl (C=O) groups excluding carboxylic acids is 2. The zero-order valence-corrected chi connectivity index (χ0v) is 16.7. The predicted octanol–water partition coefficient (Wildman–Crippen LogP) is 4.30. The van der Waals surface area contributed by atoms with Crippen LogP contribution in [0.3, 0.4) is 0 Å². The minimum Gasteiger partial charge on any atom is -0.378 e. The van der Waals surface area contributed by atoms with E-state index >= 15 is 0 Å². The van der Waals surface area contributed by atoms with E-state index in [9.17, 15) is 9.59 Å². The number of rotatable bonds is 4. The number of benzene rings is 2. The van der Waals surface area contributed by atoms with Crippen molar-refractivity contribution in [3.05, 3.63) is 58.1 Å². The molecule has 0 aromatic heterocycles. The molecular weight excluding hydrogens is 385 g/mol. The third-order valence-corrected chi connectivity index (χ3v) is 5.01. The molecule has 7 heteroatoms. The van der Waals surface area contributed by atoms with E-state index in [1.807, 2.05) is 31.1 Å². The Kier molecular flexibility index (Phi) is 5.92. The van der Waals surface area contributed by atoms with Gasteiger partial charge in [0.1, 0.15) is 6.04 Å². The van der Waals surface area contributed by atoms with Crippen molar-refractivity contribution in [3.63, 3.8) is 0 Å². The molecule has 3 rings (SSSR count). The first-order valence-corrected chi connectivity index (χ1v) is 9.46. The maximum atomic E-state index is 12.9. The average molecular weight is 406 g/mol. The van der Waals surface area contributed by atoms with E-state index < -0.39 is 6.04 Å². The molecule has 142 valence electrons. The summed E-state index contributed by atoms with van der Waals surface area (Å²) in [6.07, 6.45) is 1.41. The number of carbonyl (C=O) groups is 2. The van der Waals surface area contributed by atoms with Crippen LogP contribution < -0.4 is 10.2 Å². The summed E-state index contributed by atoms with van der Waals surface area (Å²) in [5.41, 5.74) is 2.11. The number of nitrogens with zero attached hydrogens (tertiary/aromatic N) is 2. The van der Waals surface area contributed by atoms with E-state index in [-0.39, 0.29) is 11.8 Å². The van der Waals surface area contributed by atoms with Crippen LogP contribution in [-0.2, 0) is 4.79 Å². The molecule has 2 amide bonds. The molecule has 2 aromatic carbocycles. The minimum atomic E-state index is -0.510. The molecule has 1 atom stereocenters. The highest BCUT2D eigenvalue weighted by Gasteiger charge is 2.34. The van der Waals surface area contributed by atoms with Crippen LogP contribution >= 0.6 is 23.2 Å². The van der Waals surface area contributed by atoms with Crippen LogP contribution in [0.15, 0.2) is 42.5 Å². The Balaban J connectivity index is 1.73. The number of amides is 2. The molecule has 2 aromatic rings. The second kappa shape index (κ2) is 8.19. The fourth-order valence-electron chi connectivity index (χ4n) is 3.20. The van der Waals surface area contributed by atoms with Crippen LogP contribution in [0, 0.1) is 0 Å². The monoisotopic (exact) mass is 405 g/mol. The first kappa shape index (κ1) is 19.5. The SMILES string of the molecule is CN(C)c1ccc(C(=O)N2CCCC2C(=O)Nc2cc(Cl)cc(Cl)c2)cc1. The summed E-state index contributed by atoms with van der Waals surface area (Å²) < 4.78 is 0. The van der Waals surface area contributed by atoms with Gasteiger partial charge in [0.05, 0.1) is 0 Å². The van der Waals surface area contributed by atoms with Gasteiger partial charge in [0, 0.05) is 47.6 Å². The number of likely N-dealkylation sites (tertiary alicyclic amines) is 1. The summed E-state index contributed by atoms with van der Waals surface area (Å²) in [6, 6.07) is 11.7. The first-order chi connectivity index (χ1) is 12.8. The Hall–Kier alpha value is -2.24. The molecule has 0 bridgehead atoms. The summed E-state index contributed by atoms with van der Waals surface area (Å²) >= 11 is 12.0. The summed E-state index contributed by atoms with van der Waals surface area (Å²) in [5.74, 6) is -0.369. The molecule has 0 radical (unpaired) electrons. The fourth-order valence-corrected chi connectivity index (χ4v) is 3.73. The zero-order chi connectivity index (χ0) is 19.6. The molecule has 0 saturated carbocycles. The molecule has 1 fully saturated rings. The van der Waals surface area contributed by atoms with Gasteiger partial charge < -0.3 is 15.1 Å². The number of nitrogens with one attached hydrogen (secondary N) is 1. The highest BCUT2D eigenvalue weighted by molar-refractivity contribution is 6.35. The molecule has 1 aliphatic heterocycles. The van der Waals surface area contributed by atoms with Crippen molar-refractivity contribution >= 4 is 46.4 Å². The Bertz CT molecular complexity index is 833. The maximum absolute atomic E-state index is 12.9. The quantitative estimate of drug-likeness (QED) is 0.824. The van der Waals surface area contributed by atoms with Crippen molar-refractivity contribution in [1.82, 2.24) is 4.90 Å². The standard InChI is InChI=1S/C20H21Cl2N3O2/c1-24(2)17-7-5-13(6-8-17)20(27)25-9-3-4-18(25)19(26)23-16-11-14(21)10-15(22)12-16/h5-8,10-12,18H,3-4,9H2,1-2H3,(H,23,26). The largest absolute Gasteiger partial charge is 0.378 e. The third-order valence-electron chi connectivity index (χ3n) is 4.58. The molecule has 0 spiro atoms. The molecular formula is C20H21Cl2N3O2. The van der Waals surface area contributed by atoms with Crippen molar-refractivity contribution in [3.8, 4) is 0 Å². The van der Waals surface area contributed by atoms with Gasteiger partial charge in [-0.25, -0.2) is 0 Å². The Labute approximate surface area is 168 Å². The molecule has 1 aliphatic rings. The lowest BCUT2D eigenvalue weighted by molar-refractivity contribution is -0.119. The molecule has 1 unspecified atom stereocenters. The number of hydrogen-bond donors (Lipinski definition) is 1. The van der Waals surface area contributed by atoms with Gasteiger partial charge in [0.2, 0.25) is 5.91 Å². The lowest BCUT2D eigenvalue weighted by atomic mass is 10.1. The van der Waals surface area contributed by atoms with E-state index in [0.717, 1.165) is 12.1 Å². The highest BCUT2D eigenvalue weighted by Crippen LogP contribution is 2.25. The van der Waals surface area contributed by atoms with E-state index in [4.69, 9.17) is 23.2 Å². The Morgan fingerprint density at radius 2 is 1.70 bits per heavy atom. The third kappa shape index (κ3) is 4.54. The summed E-state index contributed by atoms with van der Waals surface area (Å²) in [7, 11) is 3.89. The average Bonchev–Trinajstić information content (AvgIpc) is 3.10. The van der Waals surface area contributed by atoms with Gasteiger partial charge in [-0.3, -0.25) is 9.59 Å². The van der Waals surface area contributed by atoms with Crippen molar-refractivity contribution in [2.75, 3.05) is 30.9 Å². The first-order valence-electron chi connectivity index (χ1n) is 8.70. The van der Waals surface area contributed by atoms with Crippen molar-refractivity contribution in [2.45, 2.75) is 18.9 Å². The Morgan fingerprint density at radius 3 is 2.30 bits per heavy atom. The molecule has 0 aliphatic carbocycles. The number of halogens is 2. The summed E-state index contributed by atoms with van der Waals surface area (Å²) in [5, 5.41) is 3.70.